The largest absolute Gasteiger partial charge is 0.497 e. The quantitative estimate of drug-likeness (QED) is 0.684. The van der Waals surface area contributed by atoms with Crippen LogP contribution in [0.15, 0.2) is 24.3 Å². The van der Waals surface area contributed by atoms with Gasteiger partial charge in [-0.05, 0) is 30.0 Å². The van der Waals surface area contributed by atoms with Crippen LogP contribution in [0.3, 0.4) is 0 Å². The van der Waals surface area contributed by atoms with Crippen molar-refractivity contribution in [2.75, 3.05) is 13.7 Å². The lowest BCUT2D eigenvalue weighted by Gasteiger charge is -2.12. The highest BCUT2D eigenvalue weighted by molar-refractivity contribution is 5.73. The molecule has 1 rings (SSSR count). The summed E-state index contributed by atoms with van der Waals surface area (Å²) in [5.74, 6) is 0.0602. The van der Waals surface area contributed by atoms with Gasteiger partial charge in [-0.25, -0.2) is 4.79 Å². The Bertz CT molecular complexity index is 476. The summed E-state index contributed by atoms with van der Waals surface area (Å²) in [5.41, 5.74) is 0.948. The maximum absolute atomic E-state index is 11.6. The number of carboxylic acids is 1. The van der Waals surface area contributed by atoms with Crippen molar-refractivity contribution in [1.29, 1.82) is 0 Å². The number of methoxy groups -OCH3 is 1. The number of carbonyl (C=O) groups is 2. The highest BCUT2D eigenvalue weighted by Crippen LogP contribution is 2.12. The van der Waals surface area contributed by atoms with E-state index in [2.05, 4.69) is 10.6 Å². The lowest BCUT2D eigenvalue weighted by Crippen LogP contribution is -2.37. The summed E-state index contributed by atoms with van der Waals surface area (Å²) in [7, 11) is 1.60. The number of carbonyl (C=O) groups excluding carboxylic acids is 1. The Kier molecular flexibility index (Phi) is 7.08. The minimum Gasteiger partial charge on any atom is -0.497 e. The normalized spacial score (nSPS) is 11.5. The second-order valence-corrected chi connectivity index (χ2v) is 4.95. The molecule has 0 saturated carbocycles. The number of ether oxygens (including phenoxy) is 1. The third kappa shape index (κ3) is 7.20. The lowest BCUT2D eigenvalue weighted by molar-refractivity contribution is -0.137. The van der Waals surface area contributed by atoms with Gasteiger partial charge >= 0.3 is 12.0 Å². The zero-order valence-corrected chi connectivity index (χ0v) is 12.4. The Morgan fingerprint density at radius 2 is 2.10 bits per heavy atom. The first kappa shape index (κ1) is 16.8. The van der Waals surface area contributed by atoms with E-state index >= 15 is 0 Å². The highest BCUT2D eigenvalue weighted by atomic mass is 16.5. The van der Waals surface area contributed by atoms with Gasteiger partial charge in [-0.1, -0.05) is 19.1 Å². The Morgan fingerprint density at radius 1 is 1.33 bits per heavy atom. The van der Waals surface area contributed by atoms with Crippen LogP contribution in [0.2, 0.25) is 0 Å². The minimum atomic E-state index is -0.815. The predicted molar refractivity (Wildman–Crippen MR) is 79.3 cm³/mol. The molecule has 0 aliphatic heterocycles. The second-order valence-electron chi connectivity index (χ2n) is 4.95. The predicted octanol–water partition coefficient (Wildman–Crippen LogP) is 2.00. The smallest absolute Gasteiger partial charge is 0.315 e. The summed E-state index contributed by atoms with van der Waals surface area (Å²) in [6, 6.07) is 7.20. The maximum atomic E-state index is 11.6. The van der Waals surface area contributed by atoms with Crippen molar-refractivity contribution < 1.29 is 19.4 Å². The molecule has 0 fully saturated rings. The summed E-state index contributed by atoms with van der Waals surface area (Å²) in [6.45, 7) is 2.77. The van der Waals surface area contributed by atoms with E-state index in [0.29, 0.717) is 19.5 Å². The van der Waals surface area contributed by atoms with Crippen LogP contribution in [0, 0.1) is 5.92 Å². The van der Waals surface area contributed by atoms with Crippen molar-refractivity contribution in [3.05, 3.63) is 29.8 Å². The van der Waals surface area contributed by atoms with Crippen molar-refractivity contribution in [3.8, 4) is 5.75 Å². The molecule has 21 heavy (non-hydrogen) atoms. The lowest BCUT2D eigenvalue weighted by atomic mass is 10.1. The molecule has 6 heteroatoms. The van der Waals surface area contributed by atoms with Crippen LogP contribution in [0.25, 0.3) is 0 Å². The molecule has 0 aliphatic carbocycles. The Labute approximate surface area is 124 Å². The molecule has 116 valence electrons. The molecule has 2 amide bonds. The molecular weight excluding hydrogens is 272 g/mol. The average Bonchev–Trinajstić information content (AvgIpc) is 2.49. The van der Waals surface area contributed by atoms with E-state index in [4.69, 9.17) is 9.84 Å². The number of amides is 2. The second kappa shape index (κ2) is 8.84. The summed E-state index contributed by atoms with van der Waals surface area (Å²) < 4.78 is 5.11. The number of hydrogen-bond donors (Lipinski definition) is 3. The van der Waals surface area contributed by atoms with Gasteiger partial charge in [-0.2, -0.15) is 0 Å². The molecule has 1 aromatic rings. The third-order valence-corrected chi connectivity index (χ3v) is 3.05. The number of hydrogen-bond acceptors (Lipinski definition) is 3. The van der Waals surface area contributed by atoms with E-state index < -0.39 is 5.97 Å². The van der Waals surface area contributed by atoms with Gasteiger partial charge in [0.2, 0.25) is 0 Å². The fourth-order valence-electron chi connectivity index (χ4n) is 1.77. The number of urea groups is 1. The Morgan fingerprint density at radius 3 is 2.76 bits per heavy atom. The zero-order valence-electron chi connectivity index (χ0n) is 12.4. The van der Waals surface area contributed by atoms with Crippen LogP contribution in [-0.4, -0.2) is 30.8 Å². The number of rotatable bonds is 8. The van der Waals surface area contributed by atoms with Crippen LogP contribution in [0.5, 0.6) is 5.75 Å². The average molecular weight is 294 g/mol. The number of nitrogens with one attached hydrogen (secondary N) is 2. The summed E-state index contributed by atoms with van der Waals surface area (Å²) in [6.07, 6.45) is 0.666. The molecule has 0 heterocycles. The Balaban J connectivity index is 2.25. The van der Waals surface area contributed by atoms with E-state index in [1.807, 2.05) is 31.2 Å². The SMILES string of the molecule is COc1cccc(CNC(=O)NCC(C)CCC(=O)O)c1. The summed E-state index contributed by atoms with van der Waals surface area (Å²) in [5, 5.41) is 14.1. The summed E-state index contributed by atoms with van der Waals surface area (Å²) in [4.78, 5) is 22.1. The van der Waals surface area contributed by atoms with E-state index in [0.717, 1.165) is 11.3 Å². The van der Waals surface area contributed by atoms with Gasteiger partial charge in [0.25, 0.3) is 0 Å². The number of carboxylic acid groups (broad SMARTS) is 1. The molecule has 1 atom stereocenters. The van der Waals surface area contributed by atoms with Gasteiger partial charge in [-0.3, -0.25) is 4.79 Å². The molecule has 0 spiro atoms. The van der Waals surface area contributed by atoms with Gasteiger partial charge in [0.1, 0.15) is 5.75 Å². The van der Waals surface area contributed by atoms with Gasteiger partial charge < -0.3 is 20.5 Å². The van der Waals surface area contributed by atoms with Crippen LogP contribution < -0.4 is 15.4 Å². The topological polar surface area (TPSA) is 87.7 Å². The summed E-state index contributed by atoms with van der Waals surface area (Å²) >= 11 is 0. The maximum Gasteiger partial charge on any atom is 0.315 e. The molecular formula is C15H22N2O4. The van der Waals surface area contributed by atoms with Crippen molar-refractivity contribution >= 4 is 12.0 Å². The van der Waals surface area contributed by atoms with Crippen LogP contribution in [-0.2, 0) is 11.3 Å². The standard InChI is InChI=1S/C15H22N2O4/c1-11(6-7-14(18)19)9-16-15(20)17-10-12-4-3-5-13(8-12)21-2/h3-5,8,11H,6-7,9-10H2,1-2H3,(H,18,19)(H2,16,17,20). The molecule has 0 bridgehead atoms. The van der Waals surface area contributed by atoms with Crippen molar-refractivity contribution in [3.63, 3.8) is 0 Å². The first-order chi connectivity index (χ1) is 10.0. The van der Waals surface area contributed by atoms with Crippen LogP contribution in [0.1, 0.15) is 25.3 Å². The molecule has 6 nitrogen and oxygen atoms in total. The van der Waals surface area contributed by atoms with E-state index in [1.165, 1.54) is 0 Å². The van der Waals surface area contributed by atoms with Crippen molar-refractivity contribution in [2.24, 2.45) is 5.92 Å². The molecule has 0 aliphatic rings. The minimum absolute atomic E-state index is 0.119. The van der Waals surface area contributed by atoms with Crippen molar-refractivity contribution in [2.45, 2.75) is 26.3 Å². The van der Waals surface area contributed by atoms with E-state index in [9.17, 15) is 9.59 Å². The fourth-order valence-corrected chi connectivity index (χ4v) is 1.77. The molecule has 1 aromatic carbocycles. The molecule has 3 N–H and O–H groups in total. The molecule has 0 radical (unpaired) electrons. The number of aliphatic carboxylic acids is 1. The van der Waals surface area contributed by atoms with Crippen molar-refractivity contribution in [1.82, 2.24) is 10.6 Å². The first-order valence-electron chi connectivity index (χ1n) is 6.87. The van der Waals surface area contributed by atoms with Gasteiger partial charge in [-0.15, -0.1) is 0 Å². The van der Waals surface area contributed by atoms with E-state index in [1.54, 1.807) is 7.11 Å². The van der Waals surface area contributed by atoms with Gasteiger partial charge in [0.15, 0.2) is 0 Å². The Hall–Kier alpha value is -2.24. The monoisotopic (exact) mass is 294 g/mol. The zero-order chi connectivity index (χ0) is 15.7. The number of benzene rings is 1. The van der Waals surface area contributed by atoms with Gasteiger partial charge in [0.05, 0.1) is 7.11 Å². The fraction of sp³-hybridized carbons (Fsp3) is 0.467. The molecule has 0 saturated heterocycles. The van der Waals surface area contributed by atoms with E-state index in [-0.39, 0.29) is 18.4 Å². The molecule has 0 aromatic heterocycles. The highest BCUT2D eigenvalue weighted by Gasteiger charge is 2.07. The third-order valence-electron chi connectivity index (χ3n) is 3.05. The van der Waals surface area contributed by atoms with Gasteiger partial charge in [0, 0.05) is 19.5 Å². The molecule has 1 unspecified atom stereocenters. The van der Waals surface area contributed by atoms with Crippen LogP contribution >= 0.6 is 0 Å². The first-order valence-corrected chi connectivity index (χ1v) is 6.87. The van der Waals surface area contributed by atoms with Crippen LogP contribution in [0.4, 0.5) is 4.79 Å².